The van der Waals surface area contributed by atoms with Crippen LogP contribution in [0.5, 0.6) is 0 Å². The number of rotatable bonds is 6. The third-order valence-electron chi connectivity index (χ3n) is 6.28. The molecule has 9 nitrogen and oxygen atoms in total. The van der Waals surface area contributed by atoms with E-state index in [1.54, 1.807) is 53.0 Å². The lowest BCUT2D eigenvalue weighted by molar-refractivity contribution is 0.0212. The van der Waals surface area contributed by atoms with Crippen molar-refractivity contribution in [3.05, 3.63) is 77.7 Å². The molecule has 13 heteroatoms. The van der Waals surface area contributed by atoms with Crippen molar-refractivity contribution in [2.24, 2.45) is 7.05 Å². The average molecular weight is 526 g/mol. The first-order chi connectivity index (χ1) is 17.9. The van der Waals surface area contributed by atoms with Gasteiger partial charge in [-0.05, 0) is 24.3 Å². The highest BCUT2D eigenvalue weighted by Crippen LogP contribution is 2.41. The molecule has 0 spiro atoms. The molecule has 0 saturated carbocycles. The fourth-order valence-corrected chi connectivity index (χ4v) is 4.68. The minimum atomic E-state index is -3.56. The Hall–Kier alpha value is -4.19. The van der Waals surface area contributed by atoms with Crippen LogP contribution in [-0.2, 0) is 19.5 Å². The predicted molar refractivity (Wildman–Crippen MR) is 130 cm³/mol. The Kier molecular flexibility index (Phi) is 5.48. The molecule has 0 radical (unpaired) electrons. The molecule has 1 aliphatic rings. The second kappa shape index (κ2) is 8.73. The largest absolute Gasteiger partial charge is 0.348 e. The third kappa shape index (κ3) is 3.84. The number of aryl methyl sites for hydroxylation is 1. The number of halogens is 4. The minimum Gasteiger partial charge on any atom is -0.342 e. The van der Waals surface area contributed by atoms with E-state index in [9.17, 15) is 4.39 Å². The number of nitrogens with zero attached hydrogens (tertiary/aromatic N) is 8. The second-order valence-corrected chi connectivity index (χ2v) is 9.00. The Labute approximate surface area is 213 Å². The lowest BCUT2D eigenvalue weighted by atomic mass is 10.1. The van der Waals surface area contributed by atoms with Crippen LogP contribution in [0.15, 0.2) is 61.2 Å². The van der Waals surface area contributed by atoms with Crippen LogP contribution in [-0.4, -0.2) is 45.8 Å². The van der Waals surface area contributed by atoms with E-state index < -0.39 is 30.2 Å². The zero-order valence-electron chi connectivity index (χ0n) is 19.4. The SMILES string of the molecule is Cn1nccc1Nc1cc(-c2cc3n(c2)C[C@H](CF)n2c-3nnc2C(F)(F)c2ccccn2)c(Cl)cn1. The number of nitrogens with one attached hydrogen (secondary N) is 1. The minimum absolute atomic E-state index is 0.116. The Morgan fingerprint density at radius 2 is 2.00 bits per heavy atom. The van der Waals surface area contributed by atoms with E-state index in [1.807, 2.05) is 0 Å². The van der Waals surface area contributed by atoms with Crippen LogP contribution in [0.1, 0.15) is 17.6 Å². The van der Waals surface area contributed by atoms with E-state index in [4.69, 9.17) is 11.6 Å². The Balaban J connectivity index is 1.41. The summed E-state index contributed by atoms with van der Waals surface area (Å²) in [7, 11) is 1.80. The van der Waals surface area contributed by atoms with Crippen molar-refractivity contribution in [1.82, 2.24) is 39.1 Å². The monoisotopic (exact) mass is 525 g/mol. The fraction of sp³-hybridized carbons (Fsp3) is 0.208. The number of hydrogen-bond acceptors (Lipinski definition) is 6. The maximum atomic E-state index is 15.4. The van der Waals surface area contributed by atoms with Crippen molar-refractivity contribution in [3.63, 3.8) is 0 Å². The molecule has 0 amide bonds. The normalized spacial score (nSPS) is 14.9. The van der Waals surface area contributed by atoms with Crippen LogP contribution in [0.25, 0.3) is 22.6 Å². The van der Waals surface area contributed by atoms with Gasteiger partial charge in [0.05, 0.1) is 23.0 Å². The summed E-state index contributed by atoms with van der Waals surface area (Å²) in [4.78, 5) is 8.11. The smallest absolute Gasteiger partial charge is 0.342 e. The van der Waals surface area contributed by atoms with Crippen LogP contribution in [0.4, 0.5) is 24.8 Å². The van der Waals surface area contributed by atoms with Crippen LogP contribution in [0.2, 0.25) is 5.02 Å². The summed E-state index contributed by atoms with van der Waals surface area (Å²) < 4.78 is 49.6. The van der Waals surface area contributed by atoms with Gasteiger partial charge in [-0.2, -0.15) is 13.9 Å². The topological polar surface area (TPSA) is 91.3 Å². The second-order valence-electron chi connectivity index (χ2n) is 8.60. The standard InChI is InChI=1S/C24H19ClF3N9/c1-35-21(5-7-31-35)32-20-9-16(17(25)11-30-20)14-8-18-22-33-34-23(24(27,28)19-4-2-3-6-29-19)37(22)15(10-26)13-36(18)12-14/h2-9,11-12,15H,10,13H2,1H3,(H,30,32)/t15-/m0/s1. The summed E-state index contributed by atoms with van der Waals surface area (Å²) >= 11 is 6.48. The highest BCUT2D eigenvalue weighted by molar-refractivity contribution is 6.33. The van der Waals surface area contributed by atoms with E-state index in [0.717, 1.165) is 5.82 Å². The van der Waals surface area contributed by atoms with Gasteiger partial charge in [0.1, 0.15) is 24.0 Å². The number of anilines is 2. The van der Waals surface area contributed by atoms with Gasteiger partial charge < -0.3 is 9.88 Å². The van der Waals surface area contributed by atoms with Crippen molar-refractivity contribution in [2.75, 3.05) is 12.0 Å². The molecular weight excluding hydrogens is 507 g/mol. The molecule has 0 aliphatic carbocycles. The molecule has 6 rings (SSSR count). The van der Waals surface area contributed by atoms with Gasteiger partial charge in [0.2, 0.25) is 5.82 Å². The van der Waals surface area contributed by atoms with Gasteiger partial charge in [0.25, 0.3) is 0 Å². The van der Waals surface area contributed by atoms with Crippen molar-refractivity contribution >= 4 is 23.2 Å². The van der Waals surface area contributed by atoms with Crippen molar-refractivity contribution in [1.29, 1.82) is 0 Å². The number of hydrogen-bond donors (Lipinski definition) is 1. The Morgan fingerprint density at radius 1 is 1.14 bits per heavy atom. The number of aromatic nitrogens is 8. The summed E-state index contributed by atoms with van der Waals surface area (Å²) in [5, 5.41) is 15.5. The molecule has 0 fully saturated rings. The van der Waals surface area contributed by atoms with Gasteiger partial charge >= 0.3 is 5.92 Å². The van der Waals surface area contributed by atoms with Crippen molar-refractivity contribution in [2.45, 2.75) is 18.5 Å². The van der Waals surface area contributed by atoms with Crippen molar-refractivity contribution < 1.29 is 13.2 Å². The van der Waals surface area contributed by atoms with E-state index in [0.29, 0.717) is 27.7 Å². The molecule has 0 aromatic carbocycles. The number of pyridine rings is 2. The lowest BCUT2D eigenvalue weighted by Gasteiger charge is -2.27. The summed E-state index contributed by atoms with van der Waals surface area (Å²) in [6, 6.07) is 8.63. The van der Waals surface area contributed by atoms with Gasteiger partial charge in [-0.1, -0.05) is 17.7 Å². The highest BCUT2D eigenvalue weighted by atomic mass is 35.5. The Bertz CT molecular complexity index is 1590. The summed E-state index contributed by atoms with van der Waals surface area (Å²) in [6.45, 7) is -0.761. The molecule has 188 valence electrons. The van der Waals surface area contributed by atoms with E-state index in [1.165, 1.54) is 29.1 Å². The van der Waals surface area contributed by atoms with Gasteiger partial charge in [0, 0.05) is 49.4 Å². The maximum absolute atomic E-state index is 15.4. The van der Waals surface area contributed by atoms with Crippen LogP contribution in [0.3, 0.4) is 0 Å². The lowest BCUT2D eigenvalue weighted by Crippen LogP contribution is -2.30. The molecule has 0 bridgehead atoms. The molecule has 5 aromatic heterocycles. The zero-order valence-corrected chi connectivity index (χ0v) is 20.1. The third-order valence-corrected chi connectivity index (χ3v) is 6.58. The molecule has 1 N–H and O–H groups in total. The highest BCUT2D eigenvalue weighted by Gasteiger charge is 2.44. The fourth-order valence-electron chi connectivity index (χ4n) is 4.47. The van der Waals surface area contributed by atoms with Gasteiger partial charge in [-0.3, -0.25) is 14.2 Å². The Morgan fingerprint density at radius 3 is 2.73 bits per heavy atom. The molecule has 6 heterocycles. The zero-order chi connectivity index (χ0) is 25.7. The first kappa shape index (κ1) is 23.2. The molecule has 37 heavy (non-hydrogen) atoms. The van der Waals surface area contributed by atoms with Crippen LogP contribution in [0, 0.1) is 0 Å². The van der Waals surface area contributed by atoms with Gasteiger partial charge in [-0.25, -0.2) is 9.37 Å². The average Bonchev–Trinajstić information content (AvgIpc) is 3.63. The molecule has 5 aromatic rings. The van der Waals surface area contributed by atoms with Crippen LogP contribution >= 0.6 is 11.6 Å². The summed E-state index contributed by atoms with van der Waals surface area (Å²) in [5.74, 6) is -2.80. The summed E-state index contributed by atoms with van der Waals surface area (Å²) in [5.41, 5.74) is 1.39. The van der Waals surface area contributed by atoms with Gasteiger partial charge in [-0.15, -0.1) is 10.2 Å². The number of fused-ring (bicyclic) bond motifs is 3. The van der Waals surface area contributed by atoms with Crippen molar-refractivity contribution in [3.8, 4) is 22.6 Å². The first-order valence-electron chi connectivity index (χ1n) is 11.3. The molecule has 1 atom stereocenters. The van der Waals surface area contributed by atoms with Crippen LogP contribution < -0.4 is 5.32 Å². The number of alkyl halides is 3. The maximum Gasteiger partial charge on any atom is 0.348 e. The van der Waals surface area contributed by atoms with Gasteiger partial charge in [0.15, 0.2) is 5.82 Å². The molecular formula is C24H19ClF3N9. The van der Waals surface area contributed by atoms with E-state index in [-0.39, 0.29) is 12.4 Å². The summed E-state index contributed by atoms with van der Waals surface area (Å²) in [6.07, 6.45) is 6.24. The quantitative estimate of drug-likeness (QED) is 0.335. The van der Waals surface area contributed by atoms with E-state index >= 15 is 8.78 Å². The first-order valence-corrected chi connectivity index (χ1v) is 11.7. The molecule has 1 aliphatic heterocycles. The molecule has 0 saturated heterocycles. The van der Waals surface area contributed by atoms with E-state index in [2.05, 4.69) is 30.6 Å². The molecule has 0 unspecified atom stereocenters. The predicted octanol–water partition coefficient (Wildman–Crippen LogP) is 5.00.